The van der Waals surface area contributed by atoms with Gasteiger partial charge in [-0.05, 0) is 37.5 Å². The number of hydrogen-bond acceptors (Lipinski definition) is 3. The Morgan fingerprint density at radius 2 is 2.35 bits per heavy atom. The summed E-state index contributed by atoms with van der Waals surface area (Å²) < 4.78 is 7.77. The molecule has 104 valence electrons. The number of hydrogen-bond donors (Lipinski definition) is 1. The van der Waals surface area contributed by atoms with Gasteiger partial charge in [-0.25, -0.2) is 4.68 Å². The van der Waals surface area contributed by atoms with Gasteiger partial charge in [0.2, 0.25) is 0 Å². The summed E-state index contributed by atoms with van der Waals surface area (Å²) in [5, 5.41) is 8.95. The molecule has 5 heteroatoms. The van der Waals surface area contributed by atoms with Gasteiger partial charge in [0.1, 0.15) is 11.9 Å². The maximum absolute atomic E-state index is 6.09. The van der Waals surface area contributed by atoms with Crippen molar-refractivity contribution in [3.8, 4) is 5.69 Å². The summed E-state index contributed by atoms with van der Waals surface area (Å²) in [6.07, 6.45) is 3.37. The van der Waals surface area contributed by atoms with E-state index >= 15 is 0 Å². The molecule has 2 aliphatic heterocycles. The van der Waals surface area contributed by atoms with Crippen LogP contribution in [0.25, 0.3) is 5.69 Å². The maximum Gasteiger partial charge on any atom is 0.133 e. The lowest BCUT2D eigenvalue weighted by molar-refractivity contribution is 0.107. The van der Waals surface area contributed by atoms with Crippen LogP contribution in [-0.2, 0) is 11.2 Å². The monoisotopic (exact) mass is 289 g/mol. The minimum absolute atomic E-state index is 0.157. The van der Waals surface area contributed by atoms with Crippen LogP contribution >= 0.6 is 11.6 Å². The van der Waals surface area contributed by atoms with Crippen LogP contribution in [0.2, 0.25) is 5.02 Å². The summed E-state index contributed by atoms with van der Waals surface area (Å²) in [5.41, 5.74) is 3.40. The Balaban J connectivity index is 1.82. The summed E-state index contributed by atoms with van der Waals surface area (Å²) in [4.78, 5) is 0. The Bertz CT molecular complexity index is 647. The van der Waals surface area contributed by atoms with Crippen LogP contribution in [-0.4, -0.2) is 22.9 Å². The molecule has 20 heavy (non-hydrogen) atoms. The number of halogens is 1. The minimum atomic E-state index is 0.157. The lowest BCUT2D eigenvalue weighted by Gasteiger charge is -2.08. The number of ether oxygens (including phenoxy) is 1. The van der Waals surface area contributed by atoms with E-state index in [4.69, 9.17) is 21.4 Å². The second-order valence-electron chi connectivity index (χ2n) is 5.28. The highest BCUT2D eigenvalue weighted by Crippen LogP contribution is 2.37. The van der Waals surface area contributed by atoms with Crippen molar-refractivity contribution >= 4 is 17.4 Å². The molecule has 1 aromatic heterocycles. The molecule has 2 aliphatic rings. The van der Waals surface area contributed by atoms with Gasteiger partial charge in [0.05, 0.1) is 11.4 Å². The largest absolute Gasteiger partial charge is 0.372 e. The molecule has 0 aliphatic carbocycles. The smallest absolute Gasteiger partial charge is 0.133 e. The first-order valence-electron chi connectivity index (χ1n) is 7.06. The first kappa shape index (κ1) is 12.2. The molecule has 4 rings (SSSR count). The fourth-order valence-corrected chi connectivity index (χ4v) is 3.23. The van der Waals surface area contributed by atoms with Crippen molar-refractivity contribution in [3.63, 3.8) is 0 Å². The van der Waals surface area contributed by atoms with Crippen molar-refractivity contribution in [2.24, 2.45) is 0 Å². The maximum atomic E-state index is 6.09. The van der Waals surface area contributed by atoms with Gasteiger partial charge >= 0.3 is 0 Å². The van der Waals surface area contributed by atoms with Gasteiger partial charge in [-0.2, -0.15) is 5.10 Å². The topological polar surface area (TPSA) is 39.1 Å². The van der Waals surface area contributed by atoms with E-state index in [1.807, 2.05) is 28.9 Å². The highest BCUT2D eigenvalue weighted by Gasteiger charge is 2.30. The molecule has 0 saturated carbocycles. The molecule has 1 fully saturated rings. The second kappa shape index (κ2) is 4.79. The SMILES string of the molecule is Clc1cccc(-n2nc(C3CCCO3)c3c2NCC3)c1. The molecule has 3 heterocycles. The molecule has 1 atom stereocenters. The second-order valence-corrected chi connectivity index (χ2v) is 5.72. The van der Waals surface area contributed by atoms with Crippen molar-refractivity contribution in [2.45, 2.75) is 25.4 Å². The molecule has 1 saturated heterocycles. The number of nitrogens with one attached hydrogen (secondary N) is 1. The zero-order valence-electron chi connectivity index (χ0n) is 11.1. The molecule has 1 N–H and O–H groups in total. The fraction of sp³-hybridized carbons (Fsp3) is 0.400. The van der Waals surface area contributed by atoms with Gasteiger partial charge in [0, 0.05) is 23.7 Å². The molecular formula is C15H16ClN3O. The number of fused-ring (bicyclic) bond motifs is 1. The Hall–Kier alpha value is -1.52. The standard InChI is InChI=1S/C15H16ClN3O/c16-10-3-1-4-11(9-10)19-15-12(6-7-17-15)14(18-19)13-5-2-8-20-13/h1,3-4,9,13,17H,2,5-8H2. The first-order valence-corrected chi connectivity index (χ1v) is 7.44. The minimum Gasteiger partial charge on any atom is -0.372 e. The fourth-order valence-electron chi connectivity index (χ4n) is 3.05. The van der Waals surface area contributed by atoms with Crippen molar-refractivity contribution in [3.05, 3.63) is 40.5 Å². The molecular weight excluding hydrogens is 274 g/mol. The average Bonchev–Trinajstić information content (AvgIpc) is 3.15. The molecule has 0 radical (unpaired) electrons. The van der Waals surface area contributed by atoms with Gasteiger partial charge in [-0.3, -0.25) is 0 Å². The molecule has 4 nitrogen and oxygen atoms in total. The zero-order valence-corrected chi connectivity index (χ0v) is 11.9. The van der Waals surface area contributed by atoms with E-state index < -0.39 is 0 Å². The van der Waals surface area contributed by atoms with E-state index in [1.165, 1.54) is 5.56 Å². The van der Waals surface area contributed by atoms with Gasteiger partial charge < -0.3 is 10.1 Å². The van der Waals surface area contributed by atoms with Crippen LogP contribution in [0.1, 0.15) is 30.2 Å². The predicted molar refractivity (Wildman–Crippen MR) is 78.7 cm³/mol. The summed E-state index contributed by atoms with van der Waals surface area (Å²) in [6.45, 7) is 1.81. The van der Waals surface area contributed by atoms with Crippen LogP contribution in [0.5, 0.6) is 0 Å². The van der Waals surface area contributed by atoms with Crippen molar-refractivity contribution in [1.29, 1.82) is 0 Å². The number of aromatic nitrogens is 2. The van der Waals surface area contributed by atoms with Crippen LogP contribution in [0.4, 0.5) is 5.82 Å². The van der Waals surface area contributed by atoms with Crippen LogP contribution < -0.4 is 5.32 Å². The number of anilines is 1. The predicted octanol–water partition coefficient (Wildman–Crippen LogP) is 3.35. The van der Waals surface area contributed by atoms with E-state index in [2.05, 4.69) is 5.32 Å². The van der Waals surface area contributed by atoms with Gasteiger partial charge in [0.15, 0.2) is 0 Å². The summed E-state index contributed by atoms with van der Waals surface area (Å²) in [7, 11) is 0. The number of benzene rings is 1. The molecule has 0 bridgehead atoms. The third-order valence-corrected chi connectivity index (χ3v) is 4.20. The number of nitrogens with zero attached hydrogens (tertiary/aromatic N) is 2. The molecule has 2 aromatic rings. The highest BCUT2D eigenvalue weighted by atomic mass is 35.5. The normalized spacial score (nSPS) is 20.9. The third kappa shape index (κ3) is 1.91. The third-order valence-electron chi connectivity index (χ3n) is 3.97. The van der Waals surface area contributed by atoms with Gasteiger partial charge in [-0.15, -0.1) is 0 Å². The lowest BCUT2D eigenvalue weighted by Crippen LogP contribution is -2.06. The highest BCUT2D eigenvalue weighted by molar-refractivity contribution is 6.30. The number of rotatable bonds is 2. The van der Waals surface area contributed by atoms with E-state index in [-0.39, 0.29) is 6.10 Å². The Labute approximate surface area is 122 Å². The Kier molecular flexibility index (Phi) is 2.93. The van der Waals surface area contributed by atoms with E-state index in [9.17, 15) is 0 Å². The van der Waals surface area contributed by atoms with Crippen molar-refractivity contribution < 1.29 is 4.74 Å². The average molecular weight is 290 g/mol. The molecule has 0 spiro atoms. The lowest BCUT2D eigenvalue weighted by atomic mass is 10.1. The summed E-state index contributed by atoms with van der Waals surface area (Å²) >= 11 is 6.09. The van der Waals surface area contributed by atoms with Gasteiger partial charge in [0.25, 0.3) is 0 Å². The van der Waals surface area contributed by atoms with E-state index in [1.54, 1.807) is 0 Å². The van der Waals surface area contributed by atoms with E-state index in [0.29, 0.717) is 0 Å². The summed E-state index contributed by atoms with van der Waals surface area (Å²) in [5.74, 6) is 1.10. The molecule has 1 unspecified atom stereocenters. The van der Waals surface area contributed by atoms with Crippen molar-refractivity contribution in [1.82, 2.24) is 9.78 Å². The van der Waals surface area contributed by atoms with Crippen LogP contribution in [0.3, 0.4) is 0 Å². The Morgan fingerprint density at radius 3 is 3.15 bits per heavy atom. The molecule has 0 amide bonds. The van der Waals surface area contributed by atoms with Crippen LogP contribution in [0, 0.1) is 0 Å². The zero-order chi connectivity index (χ0) is 13.5. The van der Waals surface area contributed by atoms with Crippen molar-refractivity contribution in [2.75, 3.05) is 18.5 Å². The molecule has 1 aromatic carbocycles. The van der Waals surface area contributed by atoms with Crippen LogP contribution in [0.15, 0.2) is 24.3 Å². The Morgan fingerprint density at radius 1 is 1.40 bits per heavy atom. The van der Waals surface area contributed by atoms with Gasteiger partial charge in [-0.1, -0.05) is 17.7 Å². The quantitative estimate of drug-likeness (QED) is 0.921. The summed E-state index contributed by atoms with van der Waals surface area (Å²) in [6, 6.07) is 7.79. The van der Waals surface area contributed by atoms with E-state index in [0.717, 1.165) is 54.6 Å². The first-order chi connectivity index (χ1) is 9.83.